The van der Waals surface area contributed by atoms with Crippen LogP contribution in [0.2, 0.25) is 0 Å². The topological polar surface area (TPSA) is 89.8 Å². The number of amides is 1. The molecule has 43 heavy (non-hydrogen) atoms. The molecular formula is C30H23F4N5O4. The summed E-state index contributed by atoms with van der Waals surface area (Å²) in [4.78, 5) is 37.5. The highest BCUT2D eigenvalue weighted by atomic mass is 19.4. The minimum Gasteiger partial charge on any atom is -0.473 e. The van der Waals surface area contributed by atoms with Crippen molar-refractivity contribution in [3.8, 4) is 17.4 Å². The Kier molecular flexibility index (Phi) is 6.15. The molecule has 9 nitrogen and oxygen atoms in total. The molecule has 2 fully saturated rings. The zero-order chi connectivity index (χ0) is 29.9. The molecule has 2 aromatic carbocycles. The Bertz CT molecular complexity index is 1800. The molecule has 4 aromatic rings. The van der Waals surface area contributed by atoms with Crippen LogP contribution < -0.4 is 20.1 Å². The molecule has 5 heterocycles. The number of pyridine rings is 1. The molecule has 0 N–H and O–H groups in total. The summed E-state index contributed by atoms with van der Waals surface area (Å²) in [6.45, 7) is 1.37. The minimum atomic E-state index is -4.66. The zero-order valence-electron chi connectivity index (χ0n) is 22.4. The van der Waals surface area contributed by atoms with Crippen molar-refractivity contribution in [2.45, 2.75) is 37.3 Å². The van der Waals surface area contributed by atoms with E-state index in [2.05, 4.69) is 14.9 Å². The van der Waals surface area contributed by atoms with Gasteiger partial charge in [-0.3, -0.25) is 14.3 Å². The maximum absolute atomic E-state index is 14.7. The first kappa shape index (κ1) is 26.9. The van der Waals surface area contributed by atoms with Gasteiger partial charge in [-0.15, -0.1) is 0 Å². The van der Waals surface area contributed by atoms with Crippen LogP contribution in [0.15, 0.2) is 77.7 Å². The van der Waals surface area contributed by atoms with Crippen LogP contribution >= 0.6 is 0 Å². The third-order valence-corrected chi connectivity index (χ3v) is 8.10. The first-order valence-electron chi connectivity index (χ1n) is 13.5. The Hall–Kier alpha value is -4.94. The number of anilines is 1. The summed E-state index contributed by atoms with van der Waals surface area (Å²) >= 11 is 0. The zero-order valence-corrected chi connectivity index (χ0v) is 22.4. The number of nitrogens with zero attached hydrogens (tertiary/aromatic N) is 5. The van der Waals surface area contributed by atoms with E-state index < -0.39 is 28.9 Å². The third-order valence-electron chi connectivity index (χ3n) is 8.10. The highest BCUT2D eigenvalue weighted by molar-refractivity contribution is 5.95. The lowest BCUT2D eigenvalue weighted by atomic mass is 10.0. The maximum atomic E-state index is 14.7. The van der Waals surface area contributed by atoms with Gasteiger partial charge in [0.2, 0.25) is 5.88 Å². The normalized spacial score (nSPS) is 20.2. The first-order chi connectivity index (χ1) is 20.6. The first-order valence-corrected chi connectivity index (χ1v) is 13.5. The minimum absolute atomic E-state index is 0.0185. The smallest absolute Gasteiger partial charge is 0.433 e. The van der Waals surface area contributed by atoms with Crippen LogP contribution in [0.4, 0.5) is 23.4 Å². The van der Waals surface area contributed by atoms with E-state index in [0.717, 1.165) is 18.7 Å². The van der Waals surface area contributed by atoms with E-state index in [4.69, 9.17) is 9.47 Å². The summed E-state index contributed by atoms with van der Waals surface area (Å²) in [5.74, 6) is -0.582. The van der Waals surface area contributed by atoms with E-state index in [1.54, 1.807) is 22.8 Å². The molecular weight excluding hydrogens is 570 g/mol. The summed E-state index contributed by atoms with van der Waals surface area (Å²) in [6.07, 6.45) is -2.99. The highest BCUT2D eigenvalue weighted by Gasteiger charge is 2.60. The highest BCUT2D eigenvalue weighted by Crippen LogP contribution is 2.48. The van der Waals surface area contributed by atoms with Gasteiger partial charge in [0.25, 0.3) is 5.91 Å². The maximum Gasteiger partial charge on any atom is 0.433 e. The average Bonchev–Trinajstić information content (AvgIpc) is 3.64. The number of hydrogen-bond acceptors (Lipinski definition) is 7. The van der Waals surface area contributed by atoms with Crippen molar-refractivity contribution < 1.29 is 31.8 Å². The fourth-order valence-corrected chi connectivity index (χ4v) is 6.19. The average molecular weight is 594 g/mol. The molecule has 2 atom stereocenters. The monoisotopic (exact) mass is 593 g/mol. The Balaban J connectivity index is 1.03. The number of carbonyl (C=O) groups is 1. The van der Waals surface area contributed by atoms with E-state index in [-0.39, 0.29) is 35.9 Å². The van der Waals surface area contributed by atoms with Crippen molar-refractivity contribution in [2.24, 2.45) is 0 Å². The van der Waals surface area contributed by atoms with Gasteiger partial charge in [0, 0.05) is 37.0 Å². The number of benzene rings is 2. The van der Waals surface area contributed by atoms with Gasteiger partial charge >= 0.3 is 11.9 Å². The third kappa shape index (κ3) is 4.74. The van der Waals surface area contributed by atoms with E-state index in [1.807, 2.05) is 23.1 Å². The summed E-state index contributed by atoms with van der Waals surface area (Å²) in [6, 6.07) is 16.6. The van der Waals surface area contributed by atoms with Gasteiger partial charge in [-0.25, -0.2) is 9.18 Å². The number of ether oxygens (including phenoxy) is 2. The van der Waals surface area contributed by atoms with Crippen LogP contribution in [0.25, 0.3) is 0 Å². The summed E-state index contributed by atoms with van der Waals surface area (Å²) < 4.78 is 66.1. The van der Waals surface area contributed by atoms with E-state index >= 15 is 0 Å². The van der Waals surface area contributed by atoms with E-state index in [1.165, 1.54) is 18.2 Å². The van der Waals surface area contributed by atoms with Gasteiger partial charge in [-0.2, -0.15) is 18.2 Å². The number of carbonyl (C=O) groups excluding carboxylic acids is 1. The second-order valence-electron chi connectivity index (χ2n) is 10.8. The molecule has 0 aliphatic carbocycles. The summed E-state index contributed by atoms with van der Waals surface area (Å²) in [5, 5.41) is 0. The van der Waals surface area contributed by atoms with Crippen molar-refractivity contribution in [1.29, 1.82) is 0 Å². The number of likely N-dealkylation sites (tertiary alicyclic amines) is 1. The Labute approximate surface area is 241 Å². The van der Waals surface area contributed by atoms with Gasteiger partial charge < -0.3 is 19.3 Å². The molecule has 1 spiro atoms. The van der Waals surface area contributed by atoms with Crippen LogP contribution in [-0.4, -0.2) is 50.0 Å². The molecule has 2 bridgehead atoms. The van der Waals surface area contributed by atoms with Gasteiger partial charge in [-0.05, 0) is 42.3 Å². The molecule has 3 aliphatic rings. The second kappa shape index (κ2) is 9.82. The molecule has 7 rings (SSSR count). The number of fused-ring (bicyclic) bond motifs is 3. The number of alkyl halides is 3. The molecule has 0 saturated carbocycles. The molecule has 220 valence electrons. The van der Waals surface area contributed by atoms with Gasteiger partial charge in [0.1, 0.15) is 23.9 Å². The summed E-state index contributed by atoms with van der Waals surface area (Å²) in [5.41, 5.74) is -1.00. The van der Waals surface area contributed by atoms with Crippen LogP contribution in [0.5, 0.6) is 17.4 Å². The number of piperazine rings is 1. The van der Waals surface area contributed by atoms with Gasteiger partial charge in [-0.1, -0.05) is 24.3 Å². The molecule has 0 radical (unpaired) electrons. The van der Waals surface area contributed by atoms with Crippen molar-refractivity contribution >= 4 is 11.7 Å². The quantitative estimate of drug-likeness (QED) is 0.301. The lowest BCUT2D eigenvalue weighted by Gasteiger charge is -2.38. The van der Waals surface area contributed by atoms with Crippen molar-refractivity contribution in [3.05, 3.63) is 106 Å². The largest absolute Gasteiger partial charge is 0.473 e. The Morgan fingerprint density at radius 1 is 1.05 bits per heavy atom. The number of hydrogen-bond donors (Lipinski definition) is 0. The van der Waals surface area contributed by atoms with Crippen LogP contribution in [0.3, 0.4) is 0 Å². The number of halogens is 4. The SMILES string of the molecule is O=C(c1ccccc1)N1C[C@]23C[C@H]1CN2c1cc(OCc2ccc(Oc4ccnc(C(F)(F)F)c4)c(F)c2)nc(=O)n1C3. The number of aromatic nitrogens is 3. The van der Waals surface area contributed by atoms with Crippen LogP contribution in [0, 0.1) is 5.82 Å². The van der Waals surface area contributed by atoms with Gasteiger partial charge in [0.15, 0.2) is 11.6 Å². The Morgan fingerprint density at radius 3 is 2.63 bits per heavy atom. The van der Waals surface area contributed by atoms with Crippen molar-refractivity contribution in [3.63, 3.8) is 0 Å². The lowest BCUT2D eigenvalue weighted by Crippen LogP contribution is -2.54. The molecule has 13 heteroatoms. The van der Waals surface area contributed by atoms with Crippen LogP contribution in [-0.2, 0) is 19.3 Å². The number of rotatable bonds is 6. The second-order valence-corrected chi connectivity index (χ2v) is 10.8. The van der Waals surface area contributed by atoms with Gasteiger partial charge in [0.05, 0.1) is 18.1 Å². The molecule has 2 saturated heterocycles. The molecule has 0 unspecified atom stereocenters. The molecule has 1 amide bonds. The van der Waals surface area contributed by atoms with Crippen molar-refractivity contribution in [2.75, 3.05) is 18.0 Å². The van der Waals surface area contributed by atoms with Crippen molar-refractivity contribution in [1.82, 2.24) is 19.4 Å². The van der Waals surface area contributed by atoms with E-state index in [9.17, 15) is 27.2 Å². The van der Waals surface area contributed by atoms with E-state index in [0.29, 0.717) is 42.6 Å². The Morgan fingerprint density at radius 2 is 1.86 bits per heavy atom. The molecule has 2 aromatic heterocycles. The lowest BCUT2D eigenvalue weighted by molar-refractivity contribution is -0.141. The van der Waals surface area contributed by atoms with Crippen LogP contribution in [0.1, 0.15) is 28.0 Å². The predicted molar refractivity (Wildman–Crippen MR) is 145 cm³/mol. The summed E-state index contributed by atoms with van der Waals surface area (Å²) in [7, 11) is 0. The fraction of sp³-hybridized carbons (Fsp3) is 0.267. The standard InChI is InChI=1S/C30H23F4N5O4/c31-22-10-18(6-7-23(22)43-21-8-9-35-24(11-21)30(32,33)34)15-42-25-12-26-38(28(41)36-25)17-29-13-20(14-39(26)29)37(16-29)27(40)19-4-2-1-3-5-19/h1-12,20H,13-17H2/t20-,29-/m0/s1. The fourth-order valence-electron chi connectivity index (χ4n) is 6.19. The molecule has 3 aliphatic heterocycles. The predicted octanol–water partition coefficient (Wildman–Crippen LogP) is 4.65.